The van der Waals surface area contributed by atoms with Crippen LogP contribution in [0.25, 0.3) is 0 Å². The molecule has 1 saturated carbocycles. The summed E-state index contributed by atoms with van der Waals surface area (Å²) in [6, 6.07) is 0.643. The van der Waals surface area contributed by atoms with E-state index in [-0.39, 0.29) is 0 Å². The van der Waals surface area contributed by atoms with Gasteiger partial charge < -0.3 is 9.47 Å². The summed E-state index contributed by atoms with van der Waals surface area (Å²) >= 11 is 5.87. The molecule has 2 rings (SSSR count). The Labute approximate surface area is 96.0 Å². The summed E-state index contributed by atoms with van der Waals surface area (Å²) in [4.78, 5) is 6.77. The number of anilines is 1. The van der Waals surface area contributed by atoms with Crippen LogP contribution in [0.3, 0.4) is 0 Å². The van der Waals surface area contributed by atoms with Gasteiger partial charge in [-0.05, 0) is 12.8 Å². The summed E-state index contributed by atoms with van der Waals surface area (Å²) in [6.07, 6.45) is 9.09. The van der Waals surface area contributed by atoms with Crippen LogP contribution in [0, 0.1) is 0 Å². The second kappa shape index (κ2) is 4.88. The van der Waals surface area contributed by atoms with E-state index in [0.29, 0.717) is 11.9 Å². The fourth-order valence-electron chi connectivity index (χ4n) is 2.39. The molecule has 0 amide bonds. The number of aryl methyl sites for hydroxylation is 1. The fourth-order valence-corrected chi connectivity index (χ4v) is 2.57. The molecule has 1 aliphatic carbocycles. The molecule has 4 heteroatoms. The fraction of sp³-hybridized carbons (Fsp3) is 0.727. The molecule has 1 aliphatic rings. The van der Waals surface area contributed by atoms with Crippen molar-refractivity contribution in [3.05, 3.63) is 12.4 Å². The Balaban J connectivity index is 2.15. The number of imidazole rings is 1. The average molecular weight is 228 g/mol. The molecule has 3 nitrogen and oxygen atoms in total. The minimum Gasteiger partial charge on any atom is -0.338 e. The Morgan fingerprint density at radius 1 is 1.53 bits per heavy atom. The third-order valence-electron chi connectivity index (χ3n) is 3.14. The van der Waals surface area contributed by atoms with Crippen molar-refractivity contribution in [1.82, 2.24) is 9.55 Å². The van der Waals surface area contributed by atoms with E-state index >= 15 is 0 Å². The van der Waals surface area contributed by atoms with Crippen LogP contribution in [0.2, 0.25) is 0 Å². The van der Waals surface area contributed by atoms with E-state index in [2.05, 4.69) is 14.5 Å². The van der Waals surface area contributed by atoms with Crippen LogP contribution >= 0.6 is 11.6 Å². The van der Waals surface area contributed by atoms with E-state index in [1.54, 1.807) is 0 Å². The third kappa shape index (κ3) is 2.28. The highest BCUT2D eigenvalue weighted by Gasteiger charge is 2.24. The average Bonchev–Trinajstić information content (AvgIpc) is 2.85. The van der Waals surface area contributed by atoms with Gasteiger partial charge in [0.1, 0.15) is 0 Å². The molecule has 84 valence electrons. The highest BCUT2D eigenvalue weighted by molar-refractivity contribution is 6.18. The quantitative estimate of drug-likeness (QED) is 0.737. The van der Waals surface area contributed by atoms with Crippen molar-refractivity contribution >= 4 is 17.5 Å². The van der Waals surface area contributed by atoms with E-state index in [1.165, 1.54) is 25.7 Å². The minimum absolute atomic E-state index is 0.643. The Morgan fingerprint density at radius 3 is 2.80 bits per heavy atom. The molecule has 0 aliphatic heterocycles. The molecule has 1 heterocycles. The van der Waals surface area contributed by atoms with Gasteiger partial charge in [-0.3, -0.25) is 0 Å². The first-order chi connectivity index (χ1) is 7.33. The van der Waals surface area contributed by atoms with Gasteiger partial charge in [0.05, 0.1) is 0 Å². The molecule has 0 bridgehead atoms. The van der Waals surface area contributed by atoms with Crippen LogP contribution in [0.1, 0.15) is 25.7 Å². The van der Waals surface area contributed by atoms with Crippen LogP contribution in [0.15, 0.2) is 12.4 Å². The van der Waals surface area contributed by atoms with Gasteiger partial charge in [-0.15, -0.1) is 11.6 Å². The summed E-state index contributed by atoms with van der Waals surface area (Å²) in [7, 11) is 2.04. The lowest BCUT2D eigenvalue weighted by atomic mass is 10.2. The molecule has 0 spiro atoms. The SMILES string of the molecule is Cn1ccnc1N(CCCl)C1CCCC1. The first kappa shape index (κ1) is 10.8. The molecule has 1 aromatic heterocycles. The maximum absolute atomic E-state index is 5.87. The summed E-state index contributed by atoms with van der Waals surface area (Å²) in [5.41, 5.74) is 0. The normalized spacial score (nSPS) is 17.2. The van der Waals surface area contributed by atoms with Gasteiger partial charge in [0, 0.05) is 37.9 Å². The first-order valence-electron chi connectivity index (χ1n) is 5.63. The smallest absolute Gasteiger partial charge is 0.205 e. The summed E-state index contributed by atoms with van der Waals surface area (Å²) in [6.45, 7) is 0.900. The van der Waals surface area contributed by atoms with Crippen LogP contribution < -0.4 is 4.90 Å². The van der Waals surface area contributed by atoms with Crippen LogP contribution in [-0.4, -0.2) is 28.0 Å². The van der Waals surface area contributed by atoms with Crippen LogP contribution in [-0.2, 0) is 7.05 Å². The van der Waals surface area contributed by atoms with Gasteiger partial charge in [-0.25, -0.2) is 4.98 Å². The minimum atomic E-state index is 0.643. The number of hydrogen-bond acceptors (Lipinski definition) is 2. The molecule has 1 fully saturated rings. The summed E-state index contributed by atoms with van der Waals surface area (Å²) in [5, 5.41) is 0. The monoisotopic (exact) mass is 227 g/mol. The number of alkyl halides is 1. The summed E-state index contributed by atoms with van der Waals surface area (Å²) < 4.78 is 2.07. The predicted octanol–water partition coefficient (Wildman–Crippen LogP) is 2.41. The Kier molecular flexibility index (Phi) is 3.52. The highest BCUT2D eigenvalue weighted by Crippen LogP contribution is 2.26. The van der Waals surface area contributed by atoms with E-state index in [1.807, 2.05) is 19.4 Å². The zero-order chi connectivity index (χ0) is 10.7. The molecule has 0 saturated heterocycles. The Hall–Kier alpha value is -0.700. The summed E-state index contributed by atoms with van der Waals surface area (Å²) in [5.74, 6) is 1.73. The molecule has 0 atom stereocenters. The zero-order valence-electron chi connectivity index (χ0n) is 9.19. The van der Waals surface area contributed by atoms with Crippen molar-refractivity contribution in [2.75, 3.05) is 17.3 Å². The molecule has 0 radical (unpaired) electrons. The topological polar surface area (TPSA) is 21.1 Å². The maximum atomic E-state index is 5.87. The molecule has 0 unspecified atom stereocenters. The van der Waals surface area contributed by atoms with Crippen molar-refractivity contribution in [3.8, 4) is 0 Å². The van der Waals surface area contributed by atoms with Gasteiger partial charge in [0.25, 0.3) is 0 Å². The largest absolute Gasteiger partial charge is 0.338 e. The van der Waals surface area contributed by atoms with Crippen LogP contribution in [0.5, 0.6) is 0 Å². The number of nitrogens with zero attached hydrogens (tertiary/aromatic N) is 3. The van der Waals surface area contributed by atoms with Gasteiger partial charge in [-0.1, -0.05) is 12.8 Å². The standard InChI is InChI=1S/C11H18ClN3/c1-14-9-7-13-11(14)15(8-6-12)10-4-2-3-5-10/h7,9-10H,2-6,8H2,1H3. The van der Waals surface area contributed by atoms with E-state index in [4.69, 9.17) is 11.6 Å². The van der Waals surface area contributed by atoms with Gasteiger partial charge >= 0.3 is 0 Å². The van der Waals surface area contributed by atoms with Crippen molar-refractivity contribution in [2.24, 2.45) is 7.05 Å². The van der Waals surface area contributed by atoms with Crippen molar-refractivity contribution < 1.29 is 0 Å². The second-order valence-corrected chi connectivity index (χ2v) is 4.54. The maximum Gasteiger partial charge on any atom is 0.205 e. The number of halogens is 1. The molecule has 0 aromatic carbocycles. The van der Waals surface area contributed by atoms with Crippen molar-refractivity contribution in [3.63, 3.8) is 0 Å². The molecular formula is C11H18ClN3. The number of hydrogen-bond donors (Lipinski definition) is 0. The lowest BCUT2D eigenvalue weighted by Gasteiger charge is -2.29. The van der Waals surface area contributed by atoms with Crippen molar-refractivity contribution in [2.45, 2.75) is 31.7 Å². The van der Waals surface area contributed by atoms with Gasteiger partial charge in [0.2, 0.25) is 5.95 Å². The van der Waals surface area contributed by atoms with E-state index < -0.39 is 0 Å². The lowest BCUT2D eigenvalue weighted by Crippen LogP contribution is -2.36. The number of aromatic nitrogens is 2. The number of rotatable bonds is 4. The lowest BCUT2D eigenvalue weighted by molar-refractivity contribution is 0.597. The molecule has 15 heavy (non-hydrogen) atoms. The second-order valence-electron chi connectivity index (χ2n) is 4.16. The van der Waals surface area contributed by atoms with E-state index in [9.17, 15) is 0 Å². The molecule has 1 aromatic rings. The van der Waals surface area contributed by atoms with Gasteiger partial charge in [0.15, 0.2) is 0 Å². The Morgan fingerprint density at radius 2 is 2.27 bits per heavy atom. The third-order valence-corrected chi connectivity index (χ3v) is 3.31. The van der Waals surface area contributed by atoms with Gasteiger partial charge in [-0.2, -0.15) is 0 Å². The van der Waals surface area contributed by atoms with Crippen LogP contribution in [0.4, 0.5) is 5.95 Å². The zero-order valence-corrected chi connectivity index (χ0v) is 9.95. The molecular weight excluding hydrogens is 210 g/mol. The van der Waals surface area contributed by atoms with E-state index in [0.717, 1.165) is 12.5 Å². The predicted molar refractivity (Wildman–Crippen MR) is 63.5 cm³/mol. The Bertz CT molecular complexity index is 305. The van der Waals surface area contributed by atoms with Crippen molar-refractivity contribution in [1.29, 1.82) is 0 Å². The highest BCUT2D eigenvalue weighted by atomic mass is 35.5. The first-order valence-corrected chi connectivity index (χ1v) is 6.16. The molecule has 0 N–H and O–H groups in total.